The van der Waals surface area contributed by atoms with E-state index in [-0.39, 0.29) is 15.9 Å². The first kappa shape index (κ1) is 10.8. The number of sulfonamides is 1. The van der Waals surface area contributed by atoms with Gasteiger partial charge in [-0.05, 0) is 0 Å². The monoisotopic (exact) mass is 259 g/mol. The van der Waals surface area contributed by atoms with Gasteiger partial charge in [-0.2, -0.15) is 5.10 Å². The van der Waals surface area contributed by atoms with Gasteiger partial charge in [0.2, 0.25) is 0 Å². The Labute approximate surface area is 95.9 Å². The topological polar surface area (TPSA) is 101 Å². The van der Waals surface area contributed by atoms with E-state index in [0.717, 1.165) is 0 Å². The minimum absolute atomic E-state index is 0.0178. The van der Waals surface area contributed by atoms with Crippen LogP contribution in [0.25, 0.3) is 0 Å². The Morgan fingerprint density at radius 3 is 2.62 bits per heavy atom. The summed E-state index contributed by atoms with van der Waals surface area (Å²) in [5.41, 5.74) is 0. The second kappa shape index (κ2) is 4.06. The Kier molecular flexibility index (Phi) is 2.75. The molecule has 0 aliphatic rings. The van der Waals surface area contributed by atoms with Crippen LogP contribution in [0.2, 0.25) is 5.15 Å². The molecule has 2 rings (SSSR count). The molecule has 0 aromatic carbocycles. The first-order valence-electron chi connectivity index (χ1n) is 4.07. The molecule has 0 aliphatic heterocycles. The van der Waals surface area contributed by atoms with E-state index in [1.165, 1.54) is 24.8 Å². The van der Waals surface area contributed by atoms with E-state index in [4.69, 9.17) is 11.6 Å². The number of halogens is 1. The molecule has 0 bridgehead atoms. The Morgan fingerprint density at radius 1 is 1.25 bits per heavy atom. The van der Waals surface area contributed by atoms with Crippen LogP contribution in [-0.2, 0) is 10.0 Å². The first-order valence-corrected chi connectivity index (χ1v) is 5.93. The van der Waals surface area contributed by atoms with Crippen molar-refractivity contribution in [1.82, 2.24) is 20.2 Å². The number of hydrogen-bond acceptors (Lipinski definition) is 5. The zero-order valence-corrected chi connectivity index (χ0v) is 9.33. The number of nitrogens with zero attached hydrogens (tertiary/aromatic N) is 3. The Morgan fingerprint density at radius 2 is 2.06 bits per heavy atom. The minimum atomic E-state index is -3.67. The van der Waals surface area contributed by atoms with Crippen LogP contribution < -0.4 is 4.72 Å². The molecule has 0 saturated carbocycles. The van der Waals surface area contributed by atoms with E-state index in [9.17, 15) is 8.42 Å². The average Bonchev–Trinajstić information content (AvgIpc) is 2.75. The molecule has 0 atom stereocenters. The smallest absolute Gasteiger partial charge is 0.266 e. The molecule has 2 heterocycles. The van der Waals surface area contributed by atoms with Crippen molar-refractivity contribution in [2.75, 3.05) is 4.72 Å². The predicted octanol–water partition coefficient (Wildman–Crippen LogP) is 0.654. The molecular formula is C7H6ClN5O2S. The molecule has 2 N–H and O–H groups in total. The van der Waals surface area contributed by atoms with E-state index in [1.807, 2.05) is 0 Å². The maximum Gasteiger partial charge on any atom is 0.266 e. The van der Waals surface area contributed by atoms with E-state index >= 15 is 0 Å². The Balaban J connectivity index is 2.25. The molecular weight excluding hydrogens is 254 g/mol. The quantitative estimate of drug-likeness (QED) is 0.843. The molecule has 0 spiro atoms. The predicted molar refractivity (Wildman–Crippen MR) is 56.4 cm³/mol. The van der Waals surface area contributed by atoms with Crippen molar-refractivity contribution in [3.05, 3.63) is 29.9 Å². The second-order valence-corrected chi connectivity index (χ2v) is 4.83. The largest absolute Gasteiger partial charge is 0.284 e. The molecule has 7 nitrogen and oxygen atoms in total. The van der Waals surface area contributed by atoms with Gasteiger partial charge in [0.15, 0.2) is 5.82 Å². The molecule has 0 amide bonds. The molecule has 0 aliphatic carbocycles. The summed E-state index contributed by atoms with van der Waals surface area (Å²) >= 11 is 5.52. The Bertz CT molecular complexity index is 565. The zero-order chi connectivity index (χ0) is 11.6. The third-order valence-corrected chi connectivity index (χ3v) is 3.16. The molecule has 84 valence electrons. The zero-order valence-electron chi connectivity index (χ0n) is 7.75. The minimum Gasteiger partial charge on any atom is -0.284 e. The van der Waals surface area contributed by atoms with Crippen molar-refractivity contribution in [3.8, 4) is 0 Å². The summed E-state index contributed by atoms with van der Waals surface area (Å²) in [5.74, 6) is 0.0885. The second-order valence-electron chi connectivity index (χ2n) is 2.76. The van der Waals surface area contributed by atoms with Crippen LogP contribution in [0.3, 0.4) is 0 Å². The normalized spacial score (nSPS) is 11.3. The van der Waals surface area contributed by atoms with E-state index in [1.54, 1.807) is 0 Å². The number of H-pyrrole nitrogens is 1. The number of hydrogen-bond donors (Lipinski definition) is 2. The summed E-state index contributed by atoms with van der Waals surface area (Å²) in [5, 5.41) is 6.13. The lowest BCUT2D eigenvalue weighted by molar-refractivity contribution is 0.601. The fourth-order valence-electron chi connectivity index (χ4n) is 0.948. The van der Waals surface area contributed by atoms with Crippen LogP contribution >= 0.6 is 11.6 Å². The van der Waals surface area contributed by atoms with Gasteiger partial charge in [-0.3, -0.25) is 9.82 Å². The van der Waals surface area contributed by atoms with Gasteiger partial charge in [-0.25, -0.2) is 18.4 Å². The van der Waals surface area contributed by atoms with Crippen LogP contribution in [0.5, 0.6) is 0 Å². The van der Waals surface area contributed by atoms with Gasteiger partial charge in [0.1, 0.15) is 10.0 Å². The third-order valence-electron chi connectivity index (χ3n) is 1.64. The average molecular weight is 260 g/mol. The van der Waals surface area contributed by atoms with Crippen molar-refractivity contribution in [3.63, 3.8) is 0 Å². The summed E-state index contributed by atoms with van der Waals surface area (Å²) in [6.07, 6.45) is 4.91. The molecule has 0 fully saturated rings. The van der Waals surface area contributed by atoms with E-state index in [0.29, 0.717) is 0 Å². The standard InChI is InChI=1S/C7H6ClN5O2S/c8-6-3-10-7(4-9-6)13-16(14,15)5-1-11-12-2-5/h1-4H,(H,10,13)(H,11,12). The van der Waals surface area contributed by atoms with Crippen molar-refractivity contribution in [1.29, 1.82) is 0 Å². The van der Waals surface area contributed by atoms with Gasteiger partial charge in [0.25, 0.3) is 10.0 Å². The van der Waals surface area contributed by atoms with Gasteiger partial charge < -0.3 is 0 Å². The molecule has 0 saturated heterocycles. The van der Waals surface area contributed by atoms with Crippen LogP contribution in [0, 0.1) is 0 Å². The fraction of sp³-hybridized carbons (Fsp3) is 0. The maximum absolute atomic E-state index is 11.7. The van der Waals surface area contributed by atoms with Gasteiger partial charge in [-0.15, -0.1) is 0 Å². The lowest BCUT2D eigenvalue weighted by Crippen LogP contribution is -2.13. The number of aromatic nitrogens is 4. The van der Waals surface area contributed by atoms with Crippen molar-refractivity contribution < 1.29 is 8.42 Å². The van der Waals surface area contributed by atoms with Crippen molar-refractivity contribution in [2.45, 2.75) is 4.90 Å². The van der Waals surface area contributed by atoms with E-state index in [2.05, 4.69) is 24.9 Å². The van der Waals surface area contributed by atoms with Crippen molar-refractivity contribution in [2.24, 2.45) is 0 Å². The highest BCUT2D eigenvalue weighted by molar-refractivity contribution is 7.92. The van der Waals surface area contributed by atoms with Crippen molar-refractivity contribution >= 4 is 27.4 Å². The molecule has 0 radical (unpaired) electrons. The molecule has 2 aromatic rings. The SMILES string of the molecule is O=S(=O)(Nc1cnc(Cl)cn1)c1cn[nH]c1. The highest BCUT2D eigenvalue weighted by atomic mass is 35.5. The highest BCUT2D eigenvalue weighted by Gasteiger charge is 2.15. The maximum atomic E-state index is 11.7. The summed E-state index contributed by atoms with van der Waals surface area (Å²) < 4.78 is 25.6. The molecule has 16 heavy (non-hydrogen) atoms. The van der Waals surface area contributed by atoms with Crippen LogP contribution in [0.1, 0.15) is 0 Å². The number of rotatable bonds is 3. The lowest BCUT2D eigenvalue weighted by atomic mass is 10.7. The number of nitrogens with one attached hydrogen (secondary N) is 2. The lowest BCUT2D eigenvalue weighted by Gasteiger charge is -2.03. The molecule has 9 heteroatoms. The van der Waals surface area contributed by atoms with Crippen LogP contribution in [0.4, 0.5) is 5.82 Å². The first-order chi connectivity index (χ1) is 7.58. The Hall–Kier alpha value is -1.67. The van der Waals surface area contributed by atoms with Gasteiger partial charge >= 0.3 is 0 Å². The van der Waals surface area contributed by atoms with Gasteiger partial charge in [0.05, 0.1) is 18.6 Å². The third kappa shape index (κ3) is 2.28. The van der Waals surface area contributed by atoms with E-state index < -0.39 is 10.0 Å². The number of anilines is 1. The summed E-state index contributed by atoms with van der Waals surface area (Å²) in [7, 11) is -3.67. The van der Waals surface area contributed by atoms with Crippen LogP contribution in [-0.4, -0.2) is 28.6 Å². The van der Waals surface area contributed by atoms with Gasteiger partial charge in [-0.1, -0.05) is 11.6 Å². The molecule has 0 unspecified atom stereocenters. The number of aromatic amines is 1. The van der Waals surface area contributed by atoms with Crippen LogP contribution in [0.15, 0.2) is 29.7 Å². The fourth-order valence-corrected chi connectivity index (χ4v) is 1.94. The van der Waals surface area contributed by atoms with Gasteiger partial charge in [0, 0.05) is 6.20 Å². The highest BCUT2D eigenvalue weighted by Crippen LogP contribution is 2.12. The summed E-state index contributed by atoms with van der Waals surface area (Å²) in [6.45, 7) is 0. The summed E-state index contributed by atoms with van der Waals surface area (Å²) in [4.78, 5) is 7.47. The summed E-state index contributed by atoms with van der Waals surface area (Å²) in [6, 6.07) is 0. The molecule has 2 aromatic heterocycles.